The van der Waals surface area contributed by atoms with Crippen LogP contribution in [0.25, 0.3) is 6.08 Å². The van der Waals surface area contributed by atoms with E-state index in [2.05, 4.69) is 15.5 Å². The topological polar surface area (TPSA) is 54.9 Å². The minimum atomic E-state index is -0.0188. The summed E-state index contributed by atoms with van der Waals surface area (Å²) in [5, 5.41) is 10.6. The third-order valence-electron chi connectivity index (χ3n) is 1.63. The Morgan fingerprint density at radius 2 is 2.33 bits per heavy atom. The van der Waals surface area contributed by atoms with Gasteiger partial charge < -0.3 is 5.32 Å². The summed E-state index contributed by atoms with van der Waals surface area (Å²) in [5.74, 6) is -0.0188. The third-order valence-corrected chi connectivity index (χ3v) is 1.83. The molecular weight excluding hydrogens is 214 g/mol. The van der Waals surface area contributed by atoms with Crippen molar-refractivity contribution < 1.29 is 4.79 Å². The molecule has 0 unspecified atom stereocenters. The Hall–Kier alpha value is -1.42. The van der Waals surface area contributed by atoms with Gasteiger partial charge in [0.15, 0.2) is 5.15 Å². The highest BCUT2D eigenvalue weighted by atomic mass is 35.5. The van der Waals surface area contributed by atoms with Crippen molar-refractivity contribution >= 4 is 23.6 Å². The molecule has 1 aromatic rings. The molecule has 5 heteroatoms. The van der Waals surface area contributed by atoms with Gasteiger partial charge in [0.25, 0.3) is 0 Å². The van der Waals surface area contributed by atoms with Crippen LogP contribution in [-0.4, -0.2) is 22.6 Å². The Morgan fingerprint density at radius 3 is 2.93 bits per heavy atom. The van der Waals surface area contributed by atoms with Gasteiger partial charge in [-0.3, -0.25) is 4.79 Å². The average molecular weight is 226 g/mol. The van der Waals surface area contributed by atoms with Gasteiger partial charge in [0.2, 0.25) is 5.91 Å². The van der Waals surface area contributed by atoms with E-state index in [0.717, 1.165) is 12.1 Å². The van der Waals surface area contributed by atoms with Crippen molar-refractivity contribution in [1.82, 2.24) is 15.5 Å². The van der Waals surface area contributed by atoms with E-state index >= 15 is 0 Å². The maximum Gasteiger partial charge on any atom is 0.216 e. The molecule has 15 heavy (non-hydrogen) atoms. The standard InChI is InChI=1S/C10H12ClN3O/c1-8(15)12-7-3-2-4-9-5-6-10(11)14-13-9/h2,4-6H,3,7H2,1H3,(H,12,15). The molecule has 0 aliphatic carbocycles. The summed E-state index contributed by atoms with van der Waals surface area (Å²) in [6, 6.07) is 3.46. The quantitative estimate of drug-likeness (QED) is 0.794. The molecule has 0 saturated heterocycles. The van der Waals surface area contributed by atoms with Crippen molar-refractivity contribution in [2.24, 2.45) is 0 Å². The number of halogens is 1. The molecule has 0 radical (unpaired) electrons. The van der Waals surface area contributed by atoms with Crippen LogP contribution in [0.1, 0.15) is 19.0 Å². The highest BCUT2D eigenvalue weighted by molar-refractivity contribution is 6.29. The van der Waals surface area contributed by atoms with Crippen molar-refractivity contribution in [2.45, 2.75) is 13.3 Å². The van der Waals surface area contributed by atoms with E-state index in [4.69, 9.17) is 11.6 Å². The number of carbonyl (C=O) groups is 1. The normalized spacial score (nSPS) is 10.5. The monoisotopic (exact) mass is 225 g/mol. The van der Waals surface area contributed by atoms with Crippen LogP contribution < -0.4 is 5.32 Å². The molecule has 0 aromatic carbocycles. The largest absolute Gasteiger partial charge is 0.356 e. The molecule has 0 aliphatic rings. The molecular formula is C10H12ClN3O. The molecule has 1 aromatic heterocycles. The molecule has 80 valence electrons. The maximum absolute atomic E-state index is 10.5. The predicted molar refractivity (Wildman–Crippen MR) is 59.4 cm³/mol. The second-order valence-electron chi connectivity index (χ2n) is 2.95. The molecule has 1 N–H and O–H groups in total. The summed E-state index contributed by atoms with van der Waals surface area (Å²) in [5.41, 5.74) is 0.752. The highest BCUT2D eigenvalue weighted by Gasteiger charge is 1.91. The van der Waals surface area contributed by atoms with Crippen LogP contribution in [0.2, 0.25) is 5.15 Å². The van der Waals surface area contributed by atoms with Crippen LogP contribution >= 0.6 is 11.6 Å². The lowest BCUT2D eigenvalue weighted by Crippen LogP contribution is -2.20. The first-order valence-corrected chi connectivity index (χ1v) is 4.96. The zero-order valence-electron chi connectivity index (χ0n) is 8.40. The molecule has 1 rings (SSSR count). The van der Waals surface area contributed by atoms with Gasteiger partial charge in [0, 0.05) is 13.5 Å². The minimum absolute atomic E-state index is 0.0188. The van der Waals surface area contributed by atoms with E-state index in [1.54, 1.807) is 12.1 Å². The first-order chi connectivity index (χ1) is 7.18. The van der Waals surface area contributed by atoms with E-state index in [-0.39, 0.29) is 5.91 Å². The lowest BCUT2D eigenvalue weighted by Gasteiger charge is -1.96. The van der Waals surface area contributed by atoms with Crippen LogP contribution in [-0.2, 0) is 4.79 Å². The molecule has 1 heterocycles. The molecule has 0 saturated carbocycles. The fourth-order valence-corrected chi connectivity index (χ4v) is 1.05. The molecule has 0 fully saturated rings. The summed E-state index contributed by atoms with van der Waals surface area (Å²) in [6.45, 7) is 2.13. The lowest BCUT2D eigenvalue weighted by atomic mass is 10.3. The number of carbonyl (C=O) groups excluding carboxylic acids is 1. The molecule has 1 amide bonds. The van der Waals surface area contributed by atoms with Crippen molar-refractivity contribution in [1.29, 1.82) is 0 Å². The number of nitrogens with one attached hydrogen (secondary N) is 1. The van der Waals surface area contributed by atoms with Crippen LogP contribution in [0.4, 0.5) is 0 Å². The predicted octanol–water partition coefficient (Wildman–Crippen LogP) is 1.67. The van der Waals surface area contributed by atoms with Gasteiger partial charge in [-0.15, -0.1) is 10.2 Å². The second kappa shape index (κ2) is 6.14. The van der Waals surface area contributed by atoms with Gasteiger partial charge in [-0.25, -0.2) is 0 Å². The van der Waals surface area contributed by atoms with E-state index < -0.39 is 0 Å². The number of nitrogens with zero attached hydrogens (tertiary/aromatic N) is 2. The number of rotatable bonds is 4. The van der Waals surface area contributed by atoms with Crippen molar-refractivity contribution in [2.75, 3.05) is 6.54 Å². The zero-order chi connectivity index (χ0) is 11.1. The molecule has 0 atom stereocenters. The number of hydrogen-bond donors (Lipinski definition) is 1. The first-order valence-electron chi connectivity index (χ1n) is 4.58. The Balaban J connectivity index is 2.32. The fraction of sp³-hybridized carbons (Fsp3) is 0.300. The van der Waals surface area contributed by atoms with Gasteiger partial charge in [-0.05, 0) is 24.6 Å². The maximum atomic E-state index is 10.5. The number of aromatic nitrogens is 2. The van der Waals surface area contributed by atoms with Crippen LogP contribution in [0, 0.1) is 0 Å². The highest BCUT2D eigenvalue weighted by Crippen LogP contribution is 2.03. The summed E-state index contributed by atoms with van der Waals surface area (Å²) >= 11 is 5.59. The molecule has 0 spiro atoms. The summed E-state index contributed by atoms with van der Waals surface area (Å²) in [6.07, 6.45) is 4.53. The average Bonchev–Trinajstić information content (AvgIpc) is 2.20. The molecule has 0 aliphatic heterocycles. The second-order valence-corrected chi connectivity index (χ2v) is 3.34. The van der Waals surface area contributed by atoms with E-state index in [1.165, 1.54) is 6.92 Å². The first kappa shape index (κ1) is 11.7. The zero-order valence-corrected chi connectivity index (χ0v) is 9.16. The Labute approximate surface area is 93.4 Å². The third kappa shape index (κ3) is 5.12. The van der Waals surface area contributed by atoms with Crippen molar-refractivity contribution in [3.8, 4) is 0 Å². The fourth-order valence-electron chi connectivity index (χ4n) is 0.951. The van der Waals surface area contributed by atoms with Gasteiger partial charge in [-0.2, -0.15) is 0 Å². The number of hydrogen-bond acceptors (Lipinski definition) is 3. The van der Waals surface area contributed by atoms with Crippen molar-refractivity contribution in [3.63, 3.8) is 0 Å². The molecule has 4 nitrogen and oxygen atoms in total. The minimum Gasteiger partial charge on any atom is -0.356 e. The van der Waals surface area contributed by atoms with E-state index in [9.17, 15) is 4.79 Å². The van der Waals surface area contributed by atoms with Crippen LogP contribution in [0.3, 0.4) is 0 Å². The van der Waals surface area contributed by atoms with Crippen LogP contribution in [0.5, 0.6) is 0 Å². The summed E-state index contributed by atoms with van der Waals surface area (Å²) < 4.78 is 0. The van der Waals surface area contributed by atoms with Gasteiger partial charge in [0.1, 0.15) is 0 Å². The lowest BCUT2D eigenvalue weighted by molar-refractivity contribution is -0.118. The van der Waals surface area contributed by atoms with E-state index in [0.29, 0.717) is 11.7 Å². The Kier molecular flexibility index (Phi) is 4.77. The number of amides is 1. The smallest absolute Gasteiger partial charge is 0.216 e. The Morgan fingerprint density at radius 1 is 1.53 bits per heavy atom. The van der Waals surface area contributed by atoms with Gasteiger partial charge in [0.05, 0.1) is 5.69 Å². The Bertz CT molecular complexity index is 348. The van der Waals surface area contributed by atoms with E-state index in [1.807, 2.05) is 12.2 Å². The molecule has 0 bridgehead atoms. The SMILES string of the molecule is CC(=O)NCCC=Cc1ccc(Cl)nn1. The van der Waals surface area contributed by atoms with Crippen LogP contribution in [0.15, 0.2) is 18.2 Å². The van der Waals surface area contributed by atoms with Crippen molar-refractivity contribution in [3.05, 3.63) is 29.1 Å². The summed E-state index contributed by atoms with van der Waals surface area (Å²) in [4.78, 5) is 10.5. The summed E-state index contributed by atoms with van der Waals surface area (Å²) in [7, 11) is 0. The van der Waals surface area contributed by atoms with Gasteiger partial charge >= 0.3 is 0 Å². The van der Waals surface area contributed by atoms with Gasteiger partial charge in [-0.1, -0.05) is 17.7 Å².